The molecule has 2 amide bonds. The van der Waals surface area contributed by atoms with E-state index in [9.17, 15) is 9.59 Å². The first-order valence-electron chi connectivity index (χ1n) is 10.4. The maximum absolute atomic E-state index is 13.3. The van der Waals surface area contributed by atoms with Crippen LogP contribution in [0.15, 0.2) is 73.2 Å². The largest absolute Gasteiger partial charge is 0.348 e. The first kappa shape index (κ1) is 20.7. The van der Waals surface area contributed by atoms with Crippen LogP contribution in [0.25, 0.3) is 11.1 Å². The summed E-state index contributed by atoms with van der Waals surface area (Å²) in [4.78, 5) is 37.7. The lowest BCUT2D eigenvalue weighted by Gasteiger charge is -2.31. The van der Waals surface area contributed by atoms with Gasteiger partial charge in [-0.2, -0.15) is 0 Å². The van der Waals surface area contributed by atoms with Gasteiger partial charge in [0.1, 0.15) is 5.69 Å². The van der Waals surface area contributed by atoms with Gasteiger partial charge in [0.05, 0.1) is 11.6 Å². The second-order valence-corrected chi connectivity index (χ2v) is 8.29. The number of hydrogen-bond donors (Lipinski definition) is 0. The van der Waals surface area contributed by atoms with Crippen molar-refractivity contribution in [2.75, 3.05) is 27.2 Å². The number of hydrogen-bond acceptors (Lipinski definition) is 4. The minimum Gasteiger partial charge on any atom is -0.348 e. The van der Waals surface area contributed by atoms with E-state index in [1.54, 1.807) is 30.1 Å². The van der Waals surface area contributed by atoms with E-state index in [1.807, 2.05) is 24.3 Å². The number of aromatic nitrogens is 2. The topological polar surface area (TPSA) is 66.4 Å². The van der Waals surface area contributed by atoms with Crippen LogP contribution in [-0.4, -0.2) is 58.8 Å². The molecule has 2 aromatic carbocycles. The van der Waals surface area contributed by atoms with Crippen LogP contribution < -0.4 is 0 Å². The molecule has 6 nitrogen and oxygen atoms in total. The van der Waals surface area contributed by atoms with Crippen molar-refractivity contribution in [3.05, 3.63) is 84.4 Å². The van der Waals surface area contributed by atoms with Crippen LogP contribution in [0.2, 0.25) is 0 Å². The minimum atomic E-state index is -0.656. The molecule has 3 aromatic rings. The van der Waals surface area contributed by atoms with Gasteiger partial charge in [-0.25, -0.2) is 4.98 Å². The molecule has 0 aliphatic carbocycles. The van der Waals surface area contributed by atoms with Crippen molar-refractivity contribution in [3.63, 3.8) is 0 Å². The molecule has 0 N–H and O–H groups in total. The monoisotopic (exact) mass is 414 g/mol. The molecule has 1 fully saturated rings. The predicted octanol–water partition coefficient (Wildman–Crippen LogP) is 3.31. The van der Waals surface area contributed by atoms with Crippen molar-refractivity contribution < 1.29 is 9.59 Å². The summed E-state index contributed by atoms with van der Waals surface area (Å²) in [5.41, 5.74) is 3.00. The Bertz CT molecular complexity index is 1070. The SMILES string of the molecule is CN(C)C(=O)[C@]1(Cc2cccc(-c3ccccc3)c2)CCN(C(=O)c2cnccn2)C1. The van der Waals surface area contributed by atoms with E-state index >= 15 is 0 Å². The minimum absolute atomic E-state index is 0.0482. The summed E-state index contributed by atoms with van der Waals surface area (Å²) in [7, 11) is 3.55. The molecule has 2 heterocycles. The fourth-order valence-electron chi connectivity index (χ4n) is 4.37. The Morgan fingerprint density at radius 1 is 1.03 bits per heavy atom. The van der Waals surface area contributed by atoms with Crippen molar-refractivity contribution in [1.82, 2.24) is 19.8 Å². The molecule has 1 aliphatic heterocycles. The van der Waals surface area contributed by atoms with Crippen molar-refractivity contribution >= 4 is 11.8 Å². The third-order valence-electron chi connectivity index (χ3n) is 5.86. The molecule has 6 heteroatoms. The molecule has 1 atom stereocenters. The lowest BCUT2D eigenvalue weighted by molar-refractivity contribution is -0.138. The number of carbonyl (C=O) groups excluding carboxylic acids is 2. The molecule has 4 rings (SSSR count). The van der Waals surface area contributed by atoms with E-state index < -0.39 is 5.41 Å². The van der Waals surface area contributed by atoms with Gasteiger partial charge in [0.2, 0.25) is 5.91 Å². The molecule has 1 saturated heterocycles. The first-order valence-corrected chi connectivity index (χ1v) is 10.4. The Morgan fingerprint density at radius 3 is 2.52 bits per heavy atom. The summed E-state index contributed by atoms with van der Waals surface area (Å²) in [6.45, 7) is 0.891. The van der Waals surface area contributed by atoms with Crippen molar-refractivity contribution in [3.8, 4) is 11.1 Å². The van der Waals surface area contributed by atoms with E-state index in [2.05, 4.69) is 40.3 Å². The summed E-state index contributed by atoms with van der Waals surface area (Å²) in [6.07, 6.45) is 5.72. The Labute approximate surface area is 182 Å². The van der Waals surface area contributed by atoms with E-state index in [0.29, 0.717) is 31.6 Å². The van der Waals surface area contributed by atoms with Crippen molar-refractivity contribution in [1.29, 1.82) is 0 Å². The molecular formula is C25H26N4O2. The van der Waals surface area contributed by atoms with Gasteiger partial charge >= 0.3 is 0 Å². The van der Waals surface area contributed by atoms with Gasteiger partial charge in [0.15, 0.2) is 0 Å². The Balaban J connectivity index is 1.61. The van der Waals surface area contributed by atoms with E-state index in [-0.39, 0.29) is 11.8 Å². The number of rotatable bonds is 5. The Kier molecular flexibility index (Phi) is 5.80. The van der Waals surface area contributed by atoms with Crippen LogP contribution in [-0.2, 0) is 11.2 Å². The fourth-order valence-corrected chi connectivity index (χ4v) is 4.37. The Morgan fingerprint density at radius 2 is 1.81 bits per heavy atom. The lowest BCUT2D eigenvalue weighted by atomic mass is 9.79. The molecular weight excluding hydrogens is 388 g/mol. The summed E-state index contributed by atoms with van der Waals surface area (Å²) in [5, 5.41) is 0. The lowest BCUT2D eigenvalue weighted by Crippen LogP contribution is -2.44. The molecule has 0 radical (unpaired) electrons. The molecule has 31 heavy (non-hydrogen) atoms. The second kappa shape index (κ2) is 8.68. The van der Waals surface area contributed by atoms with Crippen LogP contribution in [0.3, 0.4) is 0 Å². The molecule has 1 aliphatic rings. The molecule has 158 valence electrons. The van der Waals surface area contributed by atoms with Crippen molar-refractivity contribution in [2.24, 2.45) is 5.41 Å². The van der Waals surface area contributed by atoms with Gasteiger partial charge in [-0.05, 0) is 29.5 Å². The summed E-state index contributed by atoms with van der Waals surface area (Å²) in [5.74, 6) is -0.133. The number of likely N-dealkylation sites (tertiary alicyclic amines) is 1. The van der Waals surface area contributed by atoms with Crippen LogP contribution in [0.4, 0.5) is 0 Å². The standard InChI is InChI=1S/C25H26N4O2/c1-28(2)24(31)25(11-14-29(18-25)23(30)22-17-26-12-13-27-22)16-19-7-6-10-21(15-19)20-8-4-3-5-9-20/h3-10,12-13,15,17H,11,14,16,18H2,1-2H3/t25-/m0/s1. The number of carbonyl (C=O) groups is 2. The van der Waals surface area contributed by atoms with E-state index in [4.69, 9.17) is 0 Å². The zero-order valence-electron chi connectivity index (χ0n) is 17.9. The van der Waals surface area contributed by atoms with Gasteiger partial charge in [-0.1, -0.05) is 54.6 Å². The number of benzene rings is 2. The van der Waals surface area contributed by atoms with Crippen molar-refractivity contribution in [2.45, 2.75) is 12.8 Å². The normalized spacial score (nSPS) is 18.1. The highest BCUT2D eigenvalue weighted by Gasteiger charge is 2.47. The third-order valence-corrected chi connectivity index (χ3v) is 5.86. The maximum Gasteiger partial charge on any atom is 0.274 e. The Hall–Kier alpha value is -3.54. The average Bonchev–Trinajstić information content (AvgIpc) is 3.24. The van der Waals surface area contributed by atoms with Gasteiger partial charge in [0.25, 0.3) is 5.91 Å². The highest BCUT2D eigenvalue weighted by atomic mass is 16.2. The zero-order valence-corrected chi connectivity index (χ0v) is 17.9. The van der Waals surface area contributed by atoms with Crippen LogP contribution in [0.5, 0.6) is 0 Å². The second-order valence-electron chi connectivity index (χ2n) is 8.29. The fraction of sp³-hybridized carbons (Fsp3) is 0.280. The molecule has 0 unspecified atom stereocenters. The molecule has 0 spiro atoms. The van der Waals surface area contributed by atoms with E-state index in [0.717, 1.165) is 16.7 Å². The molecule has 1 aromatic heterocycles. The predicted molar refractivity (Wildman–Crippen MR) is 119 cm³/mol. The highest BCUT2D eigenvalue weighted by Crippen LogP contribution is 2.37. The summed E-state index contributed by atoms with van der Waals surface area (Å²) < 4.78 is 0. The molecule has 0 saturated carbocycles. The zero-order chi connectivity index (χ0) is 21.8. The van der Waals surface area contributed by atoms with Gasteiger partial charge in [-0.15, -0.1) is 0 Å². The smallest absolute Gasteiger partial charge is 0.274 e. The number of nitrogens with zero attached hydrogens (tertiary/aromatic N) is 4. The third kappa shape index (κ3) is 4.33. The maximum atomic E-state index is 13.3. The van der Waals surface area contributed by atoms with Crippen LogP contribution in [0.1, 0.15) is 22.5 Å². The summed E-state index contributed by atoms with van der Waals surface area (Å²) >= 11 is 0. The van der Waals surface area contributed by atoms with Gasteiger partial charge < -0.3 is 9.80 Å². The van der Waals surface area contributed by atoms with Gasteiger partial charge in [-0.3, -0.25) is 14.6 Å². The number of amides is 2. The summed E-state index contributed by atoms with van der Waals surface area (Å²) in [6, 6.07) is 18.5. The highest BCUT2D eigenvalue weighted by molar-refractivity contribution is 5.93. The quantitative estimate of drug-likeness (QED) is 0.643. The van der Waals surface area contributed by atoms with Gasteiger partial charge in [0, 0.05) is 39.6 Å². The van der Waals surface area contributed by atoms with Crippen LogP contribution in [0, 0.1) is 5.41 Å². The average molecular weight is 415 g/mol. The van der Waals surface area contributed by atoms with Crippen LogP contribution >= 0.6 is 0 Å². The first-order chi connectivity index (χ1) is 15.0. The van der Waals surface area contributed by atoms with E-state index in [1.165, 1.54) is 12.4 Å². The molecule has 0 bridgehead atoms.